The number of nitrogens with zero attached hydrogens (tertiary/aromatic N) is 3. The third kappa shape index (κ3) is 4.99. The van der Waals surface area contributed by atoms with Gasteiger partial charge in [0.25, 0.3) is 0 Å². The Kier molecular flexibility index (Phi) is 6.75. The standard InChI is InChI=1S/C16H34N4/c1-4-17-15(2)16-5-7-19(8-6-16)13-14-20-11-9-18(3)10-12-20/h15-17H,4-14H2,1-3H3. The number of hydrogen-bond acceptors (Lipinski definition) is 4. The molecular formula is C16H34N4. The Labute approximate surface area is 125 Å². The molecule has 4 heteroatoms. The van der Waals surface area contributed by atoms with Gasteiger partial charge in [-0.15, -0.1) is 0 Å². The first kappa shape index (κ1) is 16.2. The van der Waals surface area contributed by atoms with Crippen LogP contribution < -0.4 is 5.32 Å². The minimum absolute atomic E-state index is 0.694. The van der Waals surface area contributed by atoms with Crippen LogP contribution in [0.1, 0.15) is 26.7 Å². The molecule has 2 aliphatic rings. The molecule has 2 heterocycles. The van der Waals surface area contributed by atoms with Gasteiger partial charge in [-0.3, -0.25) is 4.90 Å². The molecule has 0 aromatic carbocycles. The zero-order chi connectivity index (χ0) is 14.4. The van der Waals surface area contributed by atoms with Gasteiger partial charge in [-0.2, -0.15) is 0 Å². The molecule has 1 N–H and O–H groups in total. The van der Waals surface area contributed by atoms with Crippen molar-refractivity contribution >= 4 is 0 Å². The first-order valence-corrected chi connectivity index (χ1v) is 8.55. The monoisotopic (exact) mass is 282 g/mol. The van der Waals surface area contributed by atoms with Crippen LogP contribution >= 0.6 is 0 Å². The first-order valence-electron chi connectivity index (χ1n) is 8.55. The number of rotatable bonds is 6. The van der Waals surface area contributed by atoms with E-state index in [0.717, 1.165) is 12.5 Å². The molecule has 0 aliphatic carbocycles. The highest BCUT2D eigenvalue weighted by molar-refractivity contribution is 4.80. The van der Waals surface area contributed by atoms with Crippen molar-refractivity contribution in [3.05, 3.63) is 0 Å². The Balaban J connectivity index is 1.60. The van der Waals surface area contributed by atoms with Crippen molar-refractivity contribution in [3.63, 3.8) is 0 Å². The van der Waals surface area contributed by atoms with E-state index in [0.29, 0.717) is 6.04 Å². The van der Waals surface area contributed by atoms with E-state index in [9.17, 15) is 0 Å². The Bertz CT molecular complexity index is 255. The fourth-order valence-corrected chi connectivity index (χ4v) is 3.52. The Morgan fingerprint density at radius 2 is 1.50 bits per heavy atom. The summed E-state index contributed by atoms with van der Waals surface area (Å²) in [5, 5.41) is 3.59. The molecule has 0 amide bonds. The van der Waals surface area contributed by atoms with Crippen LogP contribution in [0.3, 0.4) is 0 Å². The van der Waals surface area contributed by atoms with Crippen LogP contribution in [0.25, 0.3) is 0 Å². The van der Waals surface area contributed by atoms with Crippen molar-refractivity contribution < 1.29 is 0 Å². The predicted octanol–water partition coefficient (Wildman–Crippen LogP) is 0.944. The molecule has 1 unspecified atom stereocenters. The molecular weight excluding hydrogens is 248 g/mol. The average molecular weight is 282 g/mol. The lowest BCUT2D eigenvalue weighted by molar-refractivity contribution is 0.114. The van der Waals surface area contributed by atoms with Crippen LogP contribution in [-0.4, -0.2) is 86.7 Å². The molecule has 118 valence electrons. The zero-order valence-corrected chi connectivity index (χ0v) is 13.8. The maximum absolute atomic E-state index is 3.59. The molecule has 2 rings (SSSR count). The van der Waals surface area contributed by atoms with Gasteiger partial charge in [0.15, 0.2) is 0 Å². The molecule has 20 heavy (non-hydrogen) atoms. The fourth-order valence-electron chi connectivity index (χ4n) is 3.52. The molecule has 2 saturated heterocycles. The molecule has 2 aliphatic heterocycles. The summed E-state index contributed by atoms with van der Waals surface area (Å²) in [5.74, 6) is 0.884. The van der Waals surface area contributed by atoms with Crippen LogP contribution in [0.4, 0.5) is 0 Å². The first-order chi connectivity index (χ1) is 9.69. The third-order valence-electron chi connectivity index (χ3n) is 5.19. The second kappa shape index (κ2) is 8.32. The third-order valence-corrected chi connectivity index (χ3v) is 5.19. The van der Waals surface area contributed by atoms with Crippen molar-refractivity contribution in [2.24, 2.45) is 5.92 Å². The smallest absolute Gasteiger partial charge is 0.0110 e. The molecule has 2 fully saturated rings. The number of piperidine rings is 1. The summed E-state index contributed by atoms with van der Waals surface area (Å²) in [4.78, 5) is 7.74. The topological polar surface area (TPSA) is 21.8 Å². The lowest BCUT2D eigenvalue weighted by Crippen LogP contribution is -2.48. The van der Waals surface area contributed by atoms with E-state index in [1.807, 2.05) is 0 Å². The molecule has 0 bridgehead atoms. The highest BCUT2D eigenvalue weighted by Gasteiger charge is 2.23. The zero-order valence-electron chi connectivity index (χ0n) is 13.8. The number of nitrogens with one attached hydrogen (secondary N) is 1. The fraction of sp³-hybridized carbons (Fsp3) is 1.00. The van der Waals surface area contributed by atoms with Gasteiger partial charge in [0, 0.05) is 45.3 Å². The average Bonchev–Trinajstić information content (AvgIpc) is 2.47. The quantitative estimate of drug-likeness (QED) is 0.783. The van der Waals surface area contributed by atoms with Gasteiger partial charge in [0.1, 0.15) is 0 Å². The highest BCUT2D eigenvalue weighted by atomic mass is 15.3. The summed E-state index contributed by atoms with van der Waals surface area (Å²) in [5.41, 5.74) is 0. The number of likely N-dealkylation sites (N-methyl/N-ethyl adjacent to an activating group) is 1. The van der Waals surface area contributed by atoms with Crippen molar-refractivity contribution in [2.75, 3.05) is 66.0 Å². The molecule has 0 saturated carbocycles. The van der Waals surface area contributed by atoms with E-state index in [2.05, 4.69) is 40.9 Å². The summed E-state index contributed by atoms with van der Waals surface area (Å²) in [7, 11) is 2.23. The molecule has 0 radical (unpaired) electrons. The Morgan fingerprint density at radius 3 is 2.05 bits per heavy atom. The van der Waals surface area contributed by atoms with E-state index in [-0.39, 0.29) is 0 Å². The number of hydrogen-bond donors (Lipinski definition) is 1. The normalized spacial score (nSPS) is 25.9. The van der Waals surface area contributed by atoms with E-state index in [1.165, 1.54) is 65.2 Å². The lowest BCUT2D eigenvalue weighted by Gasteiger charge is -2.37. The van der Waals surface area contributed by atoms with E-state index >= 15 is 0 Å². The molecule has 0 aromatic heterocycles. The number of likely N-dealkylation sites (tertiary alicyclic amines) is 1. The Morgan fingerprint density at radius 1 is 0.950 bits per heavy atom. The van der Waals surface area contributed by atoms with Gasteiger partial charge in [0.2, 0.25) is 0 Å². The summed E-state index contributed by atoms with van der Waals surface area (Å²) >= 11 is 0. The van der Waals surface area contributed by atoms with Gasteiger partial charge < -0.3 is 15.1 Å². The van der Waals surface area contributed by atoms with Gasteiger partial charge in [0.05, 0.1) is 0 Å². The van der Waals surface area contributed by atoms with Crippen molar-refractivity contribution in [1.82, 2.24) is 20.0 Å². The van der Waals surface area contributed by atoms with Crippen LogP contribution in [0.15, 0.2) is 0 Å². The predicted molar refractivity (Wildman–Crippen MR) is 86.2 cm³/mol. The van der Waals surface area contributed by atoms with Crippen LogP contribution in [0.2, 0.25) is 0 Å². The highest BCUT2D eigenvalue weighted by Crippen LogP contribution is 2.20. The van der Waals surface area contributed by atoms with Gasteiger partial charge in [-0.1, -0.05) is 6.92 Å². The lowest BCUT2D eigenvalue weighted by atomic mass is 9.90. The largest absolute Gasteiger partial charge is 0.314 e. The van der Waals surface area contributed by atoms with E-state index in [4.69, 9.17) is 0 Å². The minimum Gasteiger partial charge on any atom is -0.314 e. The molecule has 0 aromatic rings. The summed E-state index contributed by atoms with van der Waals surface area (Å²) < 4.78 is 0. The molecule has 4 nitrogen and oxygen atoms in total. The van der Waals surface area contributed by atoms with E-state index < -0.39 is 0 Å². The summed E-state index contributed by atoms with van der Waals surface area (Å²) in [6.45, 7) is 15.8. The molecule has 0 spiro atoms. The second-order valence-electron chi connectivity index (χ2n) is 6.67. The van der Waals surface area contributed by atoms with E-state index in [1.54, 1.807) is 0 Å². The maximum Gasteiger partial charge on any atom is 0.0110 e. The van der Waals surface area contributed by atoms with Crippen LogP contribution in [0, 0.1) is 5.92 Å². The second-order valence-corrected chi connectivity index (χ2v) is 6.67. The molecule has 1 atom stereocenters. The summed E-state index contributed by atoms with van der Waals surface area (Å²) in [6.07, 6.45) is 2.74. The van der Waals surface area contributed by atoms with Crippen molar-refractivity contribution in [2.45, 2.75) is 32.7 Å². The van der Waals surface area contributed by atoms with Crippen LogP contribution in [0.5, 0.6) is 0 Å². The van der Waals surface area contributed by atoms with Crippen molar-refractivity contribution in [1.29, 1.82) is 0 Å². The maximum atomic E-state index is 3.59. The summed E-state index contributed by atoms with van der Waals surface area (Å²) in [6, 6.07) is 0.694. The van der Waals surface area contributed by atoms with Gasteiger partial charge >= 0.3 is 0 Å². The SMILES string of the molecule is CCNC(C)C1CCN(CCN2CCN(C)CC2)CC1. The van der Waals surface area contributed by atoms with Gasteiger partial charge in [-0.05, 0) is 52.4 Å². The van der Waals surface area contributed by atoms with Crippen molar-refractivity contribution in [3.8, 4) is 0 Å². The van der Waals surface area contributed by atoms with Gasteiger partial charge in [-0.25, -0.2) is 0 Å². The van der Waals surface area contributed by atoms with Crippen LogP contribution in [-0.2, 0) is 0 Å². The Hall–Kier alpha value is -0.160. The number of piperazine rings is 1. The minimum atomic E-state index is 0.694.